The molecule has 0 saturated carbocycles. The summed E-state index contributed by atoms with van der Waals surface area (Å²) in [5.74, 6) is -1.90. The molecule has 2 aromatic carbocycles. The van der Waals surface area contributed by atoms with Crippen LogP contribution in [-0.4, -0.2) is 41.0 Å². The number of rotatable bonds is 5. The number of carbonyl (C=O) groups is 2. The molecule has 1 aliphatic heterocycles. The summed E-state index contributed by atoms with van der Waals surface area (Å²) in [6.45, 7) is 1.92. The third-order valence-corrected chi connectivity index (χ3v) is 6.53. The molecule has 1 unspecified atom stereocenters. The van der Waals surface area contributed by atoms with Crippen LogP contribution < -0.4 is 14.4 Å². The number of methoxy groups -OCH3 is 2. The van der Waals surface area contributed by atoms with Crippen molar-refractivity contribution in [2.45, 2.75) is 13.0 Å². The maximum absolute atomic E-state index is 13.3. The van der Waals surface area contributed by atoms with Crippen LogP contribution in [0.5, 0.6) is 11.5 Å². The number of aromatic amines is 1. The van der Waals surface area contributed by atoms with Gasteiger partial charge in [-0.25, -0.2) is 4.98 Å². The van der Waals surface area contributed by atoms with E-state index in [0.29, 0.717) is 11.0 Å². The summed E-state index contributed by atoms with van der Waals surface area (Å²) in [5, 5.41) is 11.5. The lowest BCUT2D eigenvalue weighted by Crippen LogP contribution is -2.30. The Morgan fingerprint density at radius 3 is 2.56 bits per heavy atom. The fourth-order valence-corrected chi connectivity index (χ4v) is 4.97. The molecular weight excluding hydrogens is 509 g/mol. The predicted molar refractivity (Wildman–Crippen MR) is 134 cm³/mol. The van der Waals surface area contributed by atoms with Gasteiger partial charge in [0.05, 0.1) is 47.7 Å². The van der Waals surface area contributed by atoms with Gasteiger partial charge in [0.1, 0.15) is 22.6 Å². The lowest BCUT2D eigenvalue weighted by molar-refractivity contribution is -0.132. The molecule has 0 bridgehead atoms. The summed E-state index contributed by atoms with van der Waals surface area (Å²) in [6.07, 6.45) is 1.40. The van der Waals surface area contributed by atoms with Crippen LogP contribution >= 0.6 is 23.2 Å². The fraction of sp³-hybridized carbons (Fsp3) is 0.160. The number of halogens is 2. The third-order valence-electron chi connectivity index (χ3n) is 5.90. The SMILES string of the molecule is COc1c(Cl)cc(/C(O)=C2\C(=O)C(=O)N(c3nc4ccc(C)cc4[nH]3)C2c2ccco2)c(OC)c1Cl. The number of aromatic nitrogens is 2. The summed E-state index contributed by atoms with van der Waals surface area (Å²) in [6, 6.07) is 8.97. The molecule has 1 aliphatic rings. The Kier molecular flexibility index (Phi) is 5.89. The number of ether oxygens (including phenoxy) is 2. The van der Waals surface area contributed by atoms with Gasteiger partial charge in [-0.2, -0.15) is 0 Å². The molecule has 4 aromatic rings. The normalized spacial score (nSPS) is 17.2. The first-order chi connectivity index (χ1) is 17.3. The monoisotopic (exact) mass is 527 g/mol. The maximum atomic E-state index is 13.3. The Balaban J connectivity index is 1.75. The molecule has 3 heterocycles. The number of aliphatic hydroxyl groups is 1. The molecular formula is C25H19Cl2N3O6. The van der Waals surface area contributed by atoms with Crippen molar-refractivity contribution in [1.29, 1.82) is 0 Å². The van der Waals surface area contributed by atoms with Crippen LogP contribution in [0.1, 0.15) is 22.9 Å². The van der Waals surface area contributed by atoms with Crippen LogP contribution in [0.4, 0.5) is 5.95 Å². The number of aliphatic hydroxyl groups excluding tert-OH is 1. The molecule has 0 aliphatic carbocycles. The largest absolute Gasteiger partial charge is 0.507 e. The Morgan fingerprint density at radius 2 is 1.89 bits per heavy atom. The minimum atomic E-state index is -1.13. The average Bonchev–Trinajstić information content (AvgIpc) is 3.57. The first kappa shape index (κ1) is 23.8. The van der Waals surface area contributed by atoms with Gasteiger partial charge in [-0.1, -0.05) is 29.3 Å². The van der Waals surface area contributed by atoms with Crippen LogP contribution in [0.25, 0.3) is 16.8 Å². The number of aryl methyl sites for hydroxylation is 1. The second kappa shape index (κ2) is 8.92. The molecule has 184 valence electrons. The number of hydrogen-bond acceptors (Lipinski definition) is 7. The second-order valence-corrected chi connectivity index (χ2v) is 8.84. The van der Waals surface area contributed by atoms with E-state index < -0.39 is 23.5 Å². The number of H-pyrrole nitrogens is 1. The number of amides is 1. The van der Waals surface area contributed by atoms with E-state index in [9.17, 15) is 14.7 Å². The second-order valence-electron chi connectivity index (χ2n) is 8.05. The number of nitrogens with zero attached hydrogens (tertiary/aromatic N) is 2. The van der Waals surface area contributed by atoms with E-state index in [1.54, 1.807) is 18.2 Å². The topological polar surface area (TPSA) is 118 Å². The first-order valence-electron chi connectivity index (χ1n) is 10.7. The lowest BCUT2D eigenvalue weighted by Gasteiger charge is -2.21. The minimum Gasteiger partial charge on any atom is -0.507 e. The van der Waals surface area contributed by atoms with Crippen molar-refractivity contribution in [2.24, 2.45) is 0 Å². The van der Waals surface area contributed by atoms with Crippen molar-refractivity contribution in [3.63, 3.8) is 0 Å². The van der Waals surface area contributed by atoms with Crippen molar-refractivity contribution >= 4 is 57.6 Å². The number of furan rings is 1. The van der Waals surface area contributed by atoms with Gasteiger partial charge in [0, 0.05) is 0 Å². The number of fused-ring (bicyclic) bond motifs is 1. The smallest absolute Gasteiger partial charge is 0.302 e. The van der Waals surface area contributed by atoms with Gasteiger partial charge in [0.2, 0.25) is 5.95 Å². The molecule has 0 radical (unpaired) electrons. The van der Waals surface area contributed by atoms with Crippen molar-refractivity contribution in [3.05, 3.63) is 75.2 Å². The average molecular weight is 528 g/mol. The van der Waals surface area contributed by atoms with E-state index in [4.69, 9.17) is 37.1 Å². The number of benzene rings is 2. The molecule has 2 N–H and O–H groups in total. The summed E-state index contributed by atoms with van der Waals surface area (Å²) in [7, 11) is 2.72. The van der Waals surface area contributed by atoms with Gasteiger partial charge in [-0.05, 0) is 42.8 Å². The van der Waals surface area contributed by atoms with Crippen LogP contribution in [0.2, 0.25) is 10.0 Å². The quantitative estimate of drug-likeness (QED) is 0.202. The van der Waals surface area contributed by atoms with E-state index in [-0.39, 0.29) is 44.4 Å². The highest BCUT2D eigenvalue weighted by atomic mass is 35.5. The zero-order chi connectivity index (χ0) is 25.7. The highest BCUT2D eigenvalue weighted by Gasteiger charge is 2.50. The minimum absolute atomic E-state index is 0.00286. The lowest BCUT2D eigenvalue weighted by atomic mass is 9.98. The summed E-state index contributed by atoms with van der Waals surface area (Å²) >= 11 is 12.7. The van der Waals surface area contributed by atoms with Gasteiger partial charge < -0.3 is 24.0 Å². The van der Waals surface area contributed by atoms with Crippen LogP contribution in [0.15, 0.2) is 52.7 Å². The Hall–Kier alpha value is -3.95. The summed E-state index contributed by atoms with van der Waals surface area (Å²) in [4.78, 5) is 35.4. The van der Waals surface area contributed by atoms with E-state index >= 15 is 0 Å². The summed E-state index contributed by atoms with van der Waals surface area (Å²) in [5.41, 5.74) is 2.03. The van der Waals surface area contributed by atoms with Crippen LogP contribution in [0, 0.1) is 6.92 Å². The number of carbonyl (C=O) groups excluding carboxylic acids is 2. The number of nitrogens with one attached hydrogen (secondary N) is 1. The number of hydrogen-bond donors (Lipinski definition) is 2. The number of imidazole rings is 1. The Labute approximate surface area is 214 Å². The number of anilines is 1. The van der Waals surface area contributed by atoms with Gasteiger partial charge in [0.15, 0.2) is 11.5 Å². The van der Waals surface area contributed by atoms with Crippen molar-refractivity contribution in [2.75, 3.05) is 19.1 Å². The molecule has 1 amide bonds. The highest BCUT2D eigenvalue weighted by molar-refractivity contribution is 6.51. The Morgan fingerprint density at radius 1 is 1.14 bits per heavy atom. The maximum Gasteiger partial charge on any atom is 0.302 e. The van der Waals surface area contributed by atoms with E-state index in [2.05, 4.69) is 9.97 Å². The Bertz CT molecular complexity index is 1560. The predicted octanol–water partition coefficient (Wildman–Crippen LogP) is 5.41. The number of ketones is 1. The van der Waals surface area contributed by atoms with Crippen molar-refractivity contribution < 1.29 is 28.6 Å². The molecule has 1 atom stereocenters. The van der Waals surface area contributed by atoms with E-state index in [1.165, 1.54) is 26.5 Å². The zero-order valence-electron chi connectivity index (χ0n) is 19.3. The molecule has 1 saturated heterocycles. The third kappa shape index (κ3) is 3.59. The van der Waals surface area contributed by atoms with Crippen molar-refractivity contribution in [1.82, 2.24) is 9.97 Å². The van der Waals surface area contributed by atoms with Crippen LogP contribution in [-0.2, 0) is 9.59 Å². The summed E-state index contributed by atoms with van der Waals surface area (Å²) < 4.78 is 16.2. The highest BCUT2D eigenvalue weighted by Crippen LogP contribution is 2.47. The molecule has 5 rings (SSSR count). The van der Waals surface area contributed by atoms with Gasteiger partial charge in [0.25, 0.3) is 5.78 Å². The standard InChI is InChI=1S/C25H19Cl2N3O6/c1-11-6-7-14-15(9-11)29-25(28-14)30-19(16-5-4-8-36-16)17(21(32)24(30)33)20(31)12-10-13(26)23(35-3)18(27)22(12)34-2/h4-10,19,31H,1-3H3,(H,28,29)/b20-17+. The molecule has 9 nitrogen and oxygen atoms in total. The van der Waals surface area contributed by atoms with E-state index in [0.717, 1.165) is 10.5 Å². The fourth-order valence-electron chi connectivity index (χ4n) is 4.28. The van der Waals surface area contributed by atoms with Crippen LogP contribution in [0.3, 0.4) is 0 Å². The molecule has 11 heteroatoms. The molecule has 1 fully saturated rings. The molecule has 36 heavy (non-hydrogen) atoms. The zero-order valence-corrected chi connectivity index (χ0v) is 20.8. The molecule has 0 spiro atoms. The molecule has 2 aromatic heterocycles. The first-order valence-corrected chi connectivity index (χ1v) is 11.4. The van der Waals surface area contributed by atoms with Crippen molar-refractivity contribution in [3.8, 4) is 11.5 Å². The number of Topliss-reactive ketones (excluding diaryl/α,β-unsaturated/α-hetero) is 1. The van der Waals surface area contributed by atoms with Gasteiger partial charge in [-0.3, -0.25) is 14.5 Å². The van der Waals surface area contributed by atoms with E-state index in [1.807, 2.05) is 19.1 Å². The van der Waals surface area contributed by atoms with Gasteiger partial charge in [-0.15, -0.1) is 0 Å². The van der Waals surface area contributed by atoms with Gasteiger partial charge >= 0.3 is 5.91 Å².